The zero-order valence-corrected chi connectivity index (χ0v) is 12.2. The van der Waals surface area contributed by atoms with E-state index in [4.69, 9.17) is 0 Å². The van der Waals surface area contributed by atoms with E-state index >= 15 is 0 Å². The van der Waals surface area contributed by atoms with Gasteiger partial charge in [-0.15, -0.1) is 0 Å². The summed E-state index contributed by atoms with van der Waals surface area (Å²) in [6.45, 7) is 6.26. The Morgan fingerprint density at radius 3 is 2.53 bits per heavy atom. The second kappa shape index (κ2) is 5.24. The smallest absolute Gasteiger partial charge is 0.274 e. The molecule has 0 saturated heterocycles. The SMILES string of the molecule is C=C(c1cn(C)nc1Br)c1cn(CC)nc1C(F)F. The van der Waals surface area contributed by atoms with Gasteiger partial charge < -0.3 is 0 Å². The third-order valence-electron chi connectivity index (χ3n) is 2.75. The van der Waals surface area contributed by atoms with Crippen LogP contribution in [0, 0.1) is 0 Å². The van der Waals surface area contributed by atoms with Crippen molar-refractivity contribution >= 4 is 21.5 Å². The van der Waals surface area contributed by atoms with Crippen molar-refractivity contribution in [2.75, 3.05) is 0 Å². The van der Waals surface area contributed by atoms with Crippen LogP contribution in [0.25, 0.3) is 5.57 Å². The van der Waals surface area contributed by atoms with Crippen LogP contribution in [0.4, 0.5) is 8.78 Å². The van der Waals surface area contributed by atoms with E-state index in [0.29, 0.717) is 27.8 Å². The van der Waals surface area contributed by atoms with Gasteiger partial charge in [-0.25, -0.2) is 8.78 Å². The Balaban J connectivity index is 2.49. The second-order valence-electron chi connectivity index (χ2n) is 4.07. The minimum absolute atomic E-state index is 0.248. The molecule has 0 aliphatic heterocycles. The third kappa shape index (κ3) is 2.60. The molecule has 0 aliphatic rings. The molecule has 4 nitrogen and oxygen atoms in total. The molecular weight excluding hydrogens is 318 g/mol. The van der Waals surface area contributed by atoms with Crippen molar-refractivity contribution in [3.8, 4) is 0 Å². The molecule has 0 fully saturated rings. The van der Waals surface area contributed by atoms with Gasteiger partial charge in [-0.2, -0.15) is 10.2 Å². The molecule has 0 unspecified atom stereocenters. The molecule has 0 aromatic carbocycles. The Hall–Kier alpha value is -1.50. The van der Waals surface area contributed by atoms with E-state index < -0.39 is 6.43 Å². The van der Waals surface area contributed by atoms with Crippen LogP contribution in [-0.2, 0) is 13.6 Å². The second-order valence-corrected chi connectivity index (χ2v) is 4.82. The van der Waals surface area contributed by atoms with Gasteiger partial charge in [-0.1, -0.05) is 6.58 Å². The summed E-state index contributed by atoms with van der Waals surface area (Å²) in [5, 5.41) is 7.99. The summed E-state index contributed by atoms with van der Waals surface area (Å²) >= 11 is 3.29. The van der Waals surface area contributed by atoms with Crippen LogP contribution < -0.4 is 0 Å². The first-order valence-corrected chi connectivity index (χ1v) is 6.47. The van der Waals surface area contributed by atoms with Gasteiger partial charge in [0.2, 0.25) is 0 Å². The fraction of sp³-hybridized carbons (Fsp3) is 0.333. The number of nitrogens with zero attached hydrogens (tertiary/aromatic N) is 4. The molecule has 102 valence electrons. The first-order chi connectivity index (χ1) is 8.93. The normalized spacial score (nSPS) is 11.3. The molecular formula is C12H13BrF2N4. The highest BCUT2D eigenvalue weighted by Gasteiger charge is 2.22. The van der Waals surface area contributed by atoms with E-state index in [0.717, 1.165) is 0 Å². The number of hydrogen-bond acceptors (Lipinski definition) is 2. The molecule has 2 aromatic rings. The number of aryl methyl sites for hydroxylation is 2. The molecule has 0 bridgehead atoms. The lowest BCUT2D eigenvalue weighted by Gasteiger charge is -2.03. The van der Waals surface area contributed by atoms with Gasteiger partial charge in [-0.05, 0) is 28.4 Å². The van der Waals surface area contributed by atoms with Gasteiger partial charge in [0, 0.05) is 37.1 Å². The van der Waals surface area contributed by atoms with Crippen LogP contribution in [0.2, 0.25) is 0 Å². The summed E-state index contributed by atoms with van der Waals surface area (Å²) in [5.41, 5.74) is 1.27. The van der Waals surface area contributed by atoms with Crippen LogP contribution in [0.1, 0.15) is 30.2 Å². The van der Waals surface area contributed by atoms with E-state index in [1.807, 2.05) is 6.92 Å². The lowest BCUT2D eigenvalue weighted by Crippen LogP contribution is -1.96. The van der Waals surface area contributed by atoms with Crippen LogP contribution in [0.5, 0.6) is 0 Å². The number of rotatable bonds is 4. The van der Waals surface area contributed by atoms with E-state index in [2.05, 4.69) is 32.7 Å². The maximum atomic E-state index is 13.0. The molecule has 2 aromatic heterocycles. The van der Waals surface area contributed by atoms with Crippen LogP contribution in [0.15, 0.2) is 23.6 Å². The lowest BCUT2D eigenvalue weighted by molar-refractivity contribution is 0.144. The zero-order valence-electron chi connectivity index (χ0n) is 10.6. The first kappa shape index (κ1) is 13.9. The number of halogens is 3. The summed E-state index contributed by atoms with van der Waals surface area (Å²) in [4.78, 5) is 0. The van der Waals surface area contributed by atoms with Crippen molar-refractivity contribution < 1.29 is 8.78 Å². The number of aromatic nitrogens is 4. The van der Waals surface area contributed by atoms with Gasteiger partial charge >= 0.3 is 0 Å². The molecule has 19 heavy (non-hydrogen) atoms. The van der Waals surface area contributed by atoms with E-state index in [-0.39, 0.29) is 5.69 Å². The fourth-order valence-corrected chi connectivity index (χ4v) is 2.39. The predicted octanol–water partition coefficient (Wildman–Crippen LogP) is 3.40. The summed E-state index contributed by atoms with van der Waals surface area (Å²) < 4.78 is 29.7. The van der Waals surface area contributed by atoms with Crippen molar-refractivity contribution in [1.82, 2.24) is 19.6 Å². The van der Waals surface area contributed by atoms with Crippen molar-refractivity contribution in [3.05, 3.63) is 40.4 Å². The number of hydrogen-bond donors (Lipinski definition) is 0. The fourth-order valence-electron chi connectivity index (χ4n) is 1.80. The van der Waals surface area contributed by atoms with Gasteiger partial charge in [0.05, 0.1) is 0 Å². The van der Waals surface area contributed by atoms with Crippen molar-refractivity contribution in [1.29, 1.82) is 0 Å². The highest BCUT2D eigenvalue weighted by molar-refractivity contribution is 9.10. The van der Waals surface area contributed by atoms with Crippen LogP contribution in [0.3, 0.4) is 0 Å². The molecule has 0 amide bonds. The van der Waals surface area contributed by atoms with Crippen molar-refractivity contribution in [2.24, 2.45) is 7.05 Å². The monoisotopic (exact) mass is 330 g/mol. The standard InChI is InChI=1S/C12H13BrF2N4/c1-4-19-6-8(10(16-19)12(14)15)7(2)9-5-18(3)17-11(9)13/h5-6,12H,2,4H2,1,3H3. The van der Waals surface area contributed by atoms with Crippen LogP contribution in [-0.4, -0.2) is 19.6 Å². The molecule has 7 heteroatoms. The van der Waals surface area contributed by atoms with Gasteiger partial charge in [0.25, 0.3) is 6.43 Å². The average Bonchev–Trinajstić information content (AvgIpc) is 2.91. The Labute approximate surface area is 117 Å². The average molecular weight is 331 g/mol. The predicted molar refractivity (Wildman–Crippen MR) is 71.9 cm³/mol. The summed E-state index contributed by atoms with van der Waals surface area (Å²) in [6.07, 6.45) is 0.684. The summed E-state index contributed by atoms with van der Waals surface area (Å²) in [6, 6.07) is 0. The minimum Gasteiger partial charge on any atom is -0.274 e. The molecule has 0 N–H and O–H groups in total. The lowest BCUT2D eigenvalue weighted by atomic mass is 10.0. The van der Waals surface area contributed by atoms with Crippen molar-refractivity contribution in [3.63, 3.8) is 0 Å². The van der Waals surface area contributed by atoms with Gasteiger partial charge in [0.1, 0.15) is 10.3 Å². The molecule has 0 radical (unpaired) electrons. The molecule has 0 aliphatic carbocycles. The Morgan fingerprint density at radius 2 is 2.05 bits per heavy atom. The maximum absolute atomic E-state index is 13.0. The molecule has 2 heterocycles. The van der Waals surface area contributed by atoms with Crippen molar-refractivity contribution in [2.45, 2.75) is 19.9 Å². The van der Waals surface area contributed by atoms with E-state index in [1.165, 1.54) is 4.68 Å². The largest absolute Gasteiger partial charge is 0.282 e. The Kier molecular flexibility index (Phi) is 3.84. The summed E-state index contributed by atoms with van der Waals surface area (Å²) in [5.74, 6) is 0. The summed E-state index contributed by atoms with van der Waals surface area (Å²) in [7, 11) is 1.75. The quantitative estimate of drug-likeness (QED) is 0.861. The zero-order chi connectivity index (χ0) is 14.2. The molecule has 0 atom stereocenters. The van der Waals surface area contributed by atoms with Gasteiger partial charge in [0.15, 0.2) is 0 Å². The molecule has 2 rings (SSSR count). The first-order valence-electron chi connectivity index (χ1n) is 5.68. The van der Waals surface area contributed by atoms with Gasteiger partial charge in [-0.3, -0.25) is 9.36 Å². The minimum atomic E-state index is -2.63. The molecule has 0 saturated carbocycles. The van der Waals surface area contributed by atoms with E-state index in [9.17, 15) is 8.78 Å². The maximum Gasteiger partial charge on any atom is 0.282 e. The highest BCUT2D eigenvalue weighted by Crippen LogP contribution is 2.32. The highest BCUT2D eigenvalue weighted by atomic mass is 79.9. The molecule has 0 spiro atoms. The topological polar surface area (TPSA) is 35.6 Å². The van der Waals surface area contributed by atoms with E-state index in [1.54, 1.807) is 24.1 Å². The third-order valence-corrected chi connectivity index (χ3v) is 3.34. The Morgan fingerprint density at radius 1 is 1.37 bits per heavy atom. The Bertz CT molecular complexity index is 615. The van der Waals surface area contributed by atoms with Crippen LogP contribution >= 0.6 is 15.9 Å². The number of alkyl halides is 2.